The summed E-state index contributed by atoms with van der Waals surface area (Å²) >= 11 is 0. The largest absolute Gasteiger partial charge is 0.368 e. The summed E-state index contributed by atoms with van der Waals surface area (Å²) < 4.78 is 0. The molecule has 2 aromatic carbocycles. The second kappa shape index (κ2) is 9.63. The zero-order chi connectivity index (χ0) is 22.6. The summed E-state index contributed by atoms with van der Waals surface area (Å²) in [7, 11) is 0. The van der Waals surface area contributed by atoms with Gasteiger partial charge in [0, 0.05) is 63.7 Å². The highest BCUT2D eigenvalue weighted by Crippen LogP contribution is 2.22. The minimum absolute atomic E-state index is 0.0695. The van der Waals surface area contributed by atoms with Gasteiger partial charge in [-0.05, 0) is 36.8 Å². The Morgan fingerprint density at radius 1 is 0.879 bits per heavy atom. The fourth-order valence-corrected chi connectivity index (χ4v) is 4.67. The van der Waals surface area contributed by atoms with Crippen molar-refractivity contribution in [2.45, 2.75) is 13.0 Å². The molecular weight excluding hydrogens is 410 g/mol. The molecule has 2 saturated heterocycles. The summed E-state index contributed by atoms with van der Waals surface area (Å²) in [5.74, 6) is 0.998. The van der Waals surface area contributed by atoms with E-state index in [1.165, 1.54) is 16.8 Å². The molecule has 1 amide bonds. The van der Waals surface area contributed by atoms with E-state index in [4.69, 9.17) is 0 Å². The van der Waals surface area contributed by atoms with Gasteiger partial charge in [0.05, 0.1) is 5.56 Å². The number of benzene rings is 2. The van der Waals surface area contributed by atoms with Crippen LogP contribution in [-0.4, -0.2) is 61.6 Å². The number of rotatable bonds is 4. The molecule has 33 heavy (non-hydrogen) atoms. The summed E-state index contributed by atoms with van der Waals surface area (Å²) in [6, 6.07) is 23.3. The van der Waals surface area contributed by atoms with Gasteiger partial charge in [-0.25, -0.2) is 4.98 Å². The lowest BCUT2D eigenvalue weighted by atomic mass is 10.0. The number of carbonyl (C=O) groups excluding carboxylic acids is 1. The molecule has 2 fully saturated rings. The van der Waals surface area contributed by atoms with Crippen molar-refractivity contribution >= 4 is 17.4 Å². The summed E-state index contributed by atoms with van der Waals surface area (Å²) in [6.45, 7) is 7.94. The van der Waals surface area contributed by atoms with Gasteiger partial charge >= 0.3 is 0 Å². The number of anilines is 2. The SMILES string of the molecule is Cc1ccc(N2CCN(C(=O)c3ccc(N4CCN[C@H](c5ccccc5)C4)nc3)CC2)cc1. The van der Waals surface area contributed by atoms with Crippen molar-refractivity contribution in [3.63, 3.8) is 0 Å². The zero-order valence-corrected chi connectivity index (χ0v) is 19.2. The van der Waals surface area contributed by atoms with E-state index in [0.717, 1.165) is 51.6 Å². The maximum absolute atomic E-state index is 13.1. The van der Waals surface area contributed by atoms with E-state index in [0.29, 0.717) is 5.56 Å². The molecule has 6 heteroatoms. The fraction of sp³-hybridized carbons (Fsp3) is 0.333. The maximum atomic E-state index is 13.1. The number of pyridine rings is 1. The molecule has 0 radical (unpaired) electrons. The Kier molecular flexibility index (Phi) is 6.26. The Morgan fingerprint density at radius 3 is 2.33 bits per heavy atom. The van der Waals surface area contributed by atoms with Crippen LogP contribution in [0.2, 0.25) is 0 Å². The monoisotopic (exact) mass is 441 g/mol. The highest BCUT2D eigenvalue weighted by Gasteiger charge is 2.24. The van der Waals surface area contributed by atoms with Crippen molar-refractivity contribution in [1.82, 2.24) is 15.2 Å². The normalized spacial score (nSPS) is 18.9. The van der Waals surface area contributed by atoms with E-state index in [-0.39, 0.29) is 11.9 Å². The molecule has 1 aromatic heterocycles. The van der Waals surface area contributed by atoms with Crippen LogP contribution in [0.3, 0.4) is 0 Å². The highest BCUT2D eigenvalue weighted by molar-refractivity contribution is 5.94. The van der Waals surface area contributed by atoms with Crippen LogP contribution >= 0.6 is 0 Å². The molecule has 0 saturated carbocycles. The molecule has 2 aliphatic rings. The highest BCUT2D eigenvalue weighted by atomic mass is 16.2. The minimum atomic E-state index is 0.0695. The second-order valence-corrected chi connectivity index (χ2v) is 8.88. The average molecular weight is 442 g/mol. The third-order valence-electron chi connectivity index (χ3n) is 6.66. The number of piperazine rings is 2. The van der Waals surface area contributed by atoms with Gasteiger partial charge in [0.15, 0.2) is 0 Å². The van der Waals surface area contributed by atoms with Crippen molar-refractivity contribution in [3.8, 4) is 0 Å². The maximum Gasteiger partial charge on any atom is 0.255 e. The van der Waals surface area contributed by atoms with E-state index in [2.05, 4.69) is 75.6 Å². The predicted molar refractivity (Wildman–Crippen MR) is 133 cm³/mol. The second-order valence-electron chi connectivity index (χ2n) is 8.88. The first-order chi connectivity index (χ1) is 16.2. The van der Waals surface area contributed by atoms with Gasteiger partial charge in [-0.3, -0.25) is 4.79 Å². The summed E-state index contributed by atoms with van der Waals surface area (Å²) in [6.07, 6.45) is 1.74. The topological polar surface area (TPSA) is 51.7 Å². The van der Waals surface area contributed by atoms with E-state index in [1.54, 1.807) is 6.20 Å². The Hall–Kier alpha value is -3.38. The number of nitrogens with zero attached hydrogens (tertiary/aromatic N) is 4. The molecular formula is C27H31N5O. The molecule has 3 aromatic rings. The van der Waals surface area contributed by atoms with Crippen molar-refractivity contribution in [2.75, 3.05) is 55.6 Å². The van der Waals surface area contributed by atoms with Crippen LogP contribution in [0, 0.1) is 6.92 Å². The third kappa shape index (κ3) is 4.86. The Labute approximate surface area is 195 Å². The Morgan fingerprint density at radius 2 is 1.64 bits per heavy atom. The molecule has 0 spiro atoms. The van der Waals surface area contributed by atoms with Crippen LogP contribution < -0.4 is 15.1 Å². The quantitative estimate of drug-likeness (QED) is 0.672. The predicted octanol–water partition coefficient (Wildman–Crippen LogP) is 3.50. The van der Waals surface area contributed by atoms with Gasteiger partial charge in [0.2, 0.25) is 0 Å². The lowest BCUT2D eigenvalue weighted by molar-refractivity contribution is 0.0746. The number of aryl methyl sites for hydroxylation is 1. The Balaban J connectivity index is 1.19. The number of nitrogens with one attached hydrogen (secondary N) is 1. The first-order valence-electron chi connectivity index (χ1n) is 11.8. The number of hydrogen-bond donors (Lipinski definition) is 1. The molecule has 1 atom stereocenters. The van der Waals surface area contributed by atoms with E-state index < -0.39 is 0 Å². The van der Waals surface area contributed by atoms with Gasteiger partial charge < -0.3 is 20.0 Å². The lowest BCUT2D eigenvalue weighted by Crippen LogP contribution is -2.48. The molecule has 0 aliphatic carbocycles. The van der Waals surface area contributed by atoms with Gasteiger partial charge in [0.25, 0.3) is 5.91 Å². The molecule has 170 valence electrons. The van der Waals surface area contributed by atoms with Crippen molar-refractivity contribution < 1.29 is 4.79 Å². The molecule has 0 unspecified atom stereocenters. The average Bonchev–Trinajstić information content (AvgIpc) is 2.89. The zero-order valence-electron chi connectivity index (χ0n) is 19.2. The minimum Gasteiger partial charge on any atom is -0.368 e. The van der Waals surface area contributed by atoms with E-state index >= 15 is 0 Å². The van der Waals surface area contributed by atoms with Crippen LogP contribution in [0.5, 0.6) is 0 Å². The van der Waals surface area contributed by atoms with Gasteiger partial charge in [0.1, 0.15) is 5.82 Å². The van der Waals surface area contributed by atoms with Crippen LogP contribution in [0.4, 0.5) is 11.5 Å². The number of hydrogen-bond acceptors (Lipinski definition) is 5. The fourth-order valence-electron chi connectivity index (χ4n) is 4.67. The smallest absolute Gasteiger partial charge is 0.255 e. The summed E-state index contributed by atoms with van der Waals surface area (Å²) in [4.78, 5) is 24.3. The van der Waals surface area contributed by atoms with Gasteiger partial charge in [-0.15, -0.1) is 0 Å². The molecule has 0 bridgehead atoms. The number of aromatic nitrogens is 1. The summed E-state index contributed by atoms with van der Waals surface area (Å²) in [5.41, 5.74) is 4.44. The first-order valence-corrected chi connectivity index (χ1v) is 11.8. The molecule has 2 aliphatic heterocycles. The molecule has 3 heterocycles. The summed E-state index contributed by atoms with van der Waals surface area (Å²) in [5, 5.41) is 3.59. The van der Waals surface area contributed by atoms with Crippen LogP contribution in [-0.2, 0) is 0 Å². The molecule has 5 rings (SSSR count). The van der Waals surface area contributed by atoms with Crippen molar-refractivity contribution in [2.24, 2.45) is 0 Å². The van der Waals surface area contributed by atoms with E-state index in [1.807, 2.05) is 23.1 Å². The third-order valence-corrected chi connectivity index (χ3v) is 6.66. The van der Waals surface area contributed by atoms with Gasteiger partial charge in [-0.1, -0.05) is 48.0 Å². The van der Waals surface area contributed by atoms with Crippen LogP contribution in [0.1, 0.15) is 27.5 Å². The number of carbonyl (C=O) groups is 1. The molecule has 1 N–H and O–H groups in total. The number of amides is 1. The van der Waals surface area contributed by atoms with Crippen molar-refractivity contribution in [1.29, 1.82) is 0 Å². The standard InChI is InChI=1S/C27H31N5O/c1-21-7-10-24(11-8-21)30-15-17-31(18-16-30)27(33)23-9-12-26(29-19-23)32-14-13-28-25(20-32)22-5-3-2-4-6-22/h2-12,19,25,28H,13-18,20H2,1H3/t25-/m0/s1. The Bertz CT molecular complexity index is 1060. The van der Waals surface area contributed by atoms with Gasteiger partial charge in [-0.2, -0.15) is 0 Å². The van der Waals surface area contributed by atoms with E-state index in [9.17, 15) is 4.79 Å². The van der Waals surface area contributed by atoms with Crippen molar-refractivity contribution in [3.05, 3.63) is 89.6 Å². The molecule has 6 nitrogen and oxygen atoms in total. The van der Waals surface area contributed by atoms with Crippen LogP contribution in [0.25, 0.3) is 0 Å². The lowest BCUT2D eigenvalue weighted by Gasteiger charge is -2.36. The first kappa shape index (κ1) is 21.5. The van der Waals surface area contributed by atoms with Crippen LogP contribution in [0.15, 0.2) is 72.9 Å².